The molecule has 0 aliphatic carbocycles. The number of ether oxygens (including phenoxy) is 2. The summed E-state index contributed by atoms with van der Waals surface area (Å²) in [7, 11) is 1.65. The number of carbonyl (C=O) groups excluding carboxylic acids is 1. The Hall–Kier alpha value is -3.00. The number of nitrogens with zero attached hydrogens (tertiary/aromatic N) is 1. The third kappa shape index (κ3) is 9.99. The van der Waals surface area contributed by atoms with E-state index in [1.165, 1.54) is 5.56 Å². The van der Waals surface area contributed by atoms with Gasteiger partial charge in [-0.15, -0.1) is 0 Å². The molecule has 2 aromatic carbocycles. The molecule has 0 aliphatic rings. The standard InChI is InChI=1S/C25H32N2O5S/c1-18(20-9-13-22(14-10-20)32-15-5-6-24(29)30)26-27-23(28)16-25(2,3)33-17-19-7-11-21(31-4)12-8-19/h7-14H,5-6,15-17H2,1-4H3,(H,27,28)(H,29,30). The van der Waals surface area contributed by atoms with E-state index in [9.17, 15) is 9.59 Å². The second kappa shape index (κ2) is 12.9. The zero-order valence-electron chi connectivity index (χ0n) is 19.6. The van der Waals surface area contributed by atoms with Gasteiger partial charge in [-0.3, -0.25) is 9.59 Å². The first-order valence-electron chi connectivity index (χ1n) is 10.7. The minimum absolute atomic E-state index is 0.0837. The summed E-state index contributed by atoms with van der Waals surface area (Å²) in [6, 6.07) is 15.2. The molecule has 178 valence electrons. The number of thioether (sulfide) groups is 1. The molecular formula is C25H32N2O5S. The van der Waals surface area contributed by atoms with Gasteiger partial charge in [-0.25, -0.2) is 5.43 Å². The topological polar surface area (TPSA) is 97.2 Å². The number of methoxy groups -OCH3 is 1. The Morgan fingerprint density at radius 1 is 1.06 bits per heavy atom. The molecule has 0 saturated heterocycles. The van der Waals surface area contributed by atoms with Crippen LogP contribution in [0.15, 0.2) is 53.6 Å². The molecule has 0 aromatic heterocycles. The van der Waals surface area contributed by atoms with Crippen LogP contribution in [0.1, 0.15) is 51.2 Å². The Kier molecular flexibility index (Phi) is 10.3. The molecule has 0 spiro atoms. The molecule has 8 heteroatoms. The number of carboxylic acid groups (broad SMARTS) is 1. The van der Waals surface area contributed by atoms with E-state index >= 15 is 0 Å². The maximum atomic E-state index is 12.4. The number of carbonyl (C=O) groups is 2. The van der Waals surface area contributed by atoms with Gasteiger partial charge in [0.2, 0.25) is 5.91 Å². The van der Waals surface area contributed by atoms with Gasteiger partial charge in [-0.2, -0.15) is 16.9 Å². The lowest BCUT2D eigenvalue weighted by Gasteiger charge is -2.23. The van der Waals surface area contributed by atoms with E-state index in [0.717, 1.165) is 17.1 Å². The van der Waals surface area contributed by atoms with Crippen LogP contribution in [-0.2, 0) is 15.3 Å². The lowest BCUT2D eigenvalue weighted by Crippen LogP contribution is -2.28. The fourth-order valence-electron chi connectivity index (χ4n) is 2.89. The molecule has 0 saturated carbocycles. The number of carboxylic acids is 1. The third-order valence-corrected chi connectivity index (χ3v) is 6.20. The highest BCUT2D eigenvalue weighted by Crippen LogP contribution is 2.31. The molecule has 0 atom stereocenters. The highest BCUT2D eigenvalue weighted by atomic mass is 32.2. The highest BCUT2D eigenvalue weighted by molar-refractivity contribution is 7.99. The Labute approximate surface area is 199 Å². The van der Waals surface area contributed by atoms with Gasteiger partial charge in [0.25, 0.3) is 0 Å². The quantitative estimate of drug-likeness (QED) is 0.245. The summed E-state index contributed by atoms with van der Waals surface area (Å²) in [5, 5.41) is 12.9. The summed E-state index contributed by atoms with van der Waals surface area (Å²) in [6.07, 6.45) is 0.881. The third-order valence-electron chi connectivity index (χ3n) is 4.80. The van der Waals surface area contributed by atoms with E-state index in [1.54, 1.807) is 31.0 Å². The number of hydrogen-bond donors (Lipinski definition) is 2. The van der Waals surface area contributed by atoms with Gasteiger partial charge in [-0.1, -0.05) is 26.0 Å². The maximum absolute atomic E-state index is 12.4. The molecule has 2 N–H and O–H groups in total. The number of hydrazone groups is 1. The van der Waals surface area contributed by atoms with Gasteiger partial charge in [0, 0.05) is 23.3 Å². The van der Waals surface area contributed by atoms with Crippen LogP contribution in [0.3, 0.4) is 0 Å². The van der Waals surface area contributed by atoms with E-state index in [1.807, 2.05) is 57.2 Å². The molecular weight excluding hydrogens is 440 g/mol. The van der Waals surface area contributed by atoms with Crippen molar-refractivity contribution in [1.29, 1.82) is 0 Å². The number of rotatable bonds is 13. The van der Waals surface area contributed by atoms with Gasteiger partial charge in [0.05, 0.1) is 19.4 Å². The van der Waals surface area contributed by atoms with E-state index in [4.69, 9.17) is 14.6 Å². The highest BCUT2D eigenvalue weighted by Gasteiger charge is 2.22. The maximum Gasteiger partial charge on any atom is 0.303 e. The lowest BCUT2D eigenvalue weighted by atomic mass is 10.1. The molecule has 7 nitrogen and oxygen atoms in total. The number of nitrogens with one attached hydrogen (secondary N) is 1. The molecule has 0 aliphatic heterocycles. The molecule has 2 rings (SSSR count). The summed E-state index contributed by atoms with van der Waals surface area (Å²) >= 11 is 1.72. The van der Waals surface area contributed by atoms with Gasteiger partial charge in [0.1, 0.15) is 11.5 Å². The second-order valence-corrected chi connectivity index (χ2v) is 9.86. The van der Waals surface area contributed by atoms with Gasteiger partial charge < -0.3 is 14.6 Å². The molecule has 0 unspecified atom stereocenters. The molecule has 0 bridgehead atoms. The van der Waals surface area contributed by atoms with Gasteiger partial charge in [0.15, 0.2) is 0 Å². The smallest absolute Gasteiger partial charge is 0.303 e. The van der Waals surface area contributed by atoms with Gasteiger partial charge in [-0.05, 0) is 60.9 Å². The lowest BCUT2D eigenvalue weighted by molar-refractivity contribution is -0.137. The molecule has 33 heavy (non-hydrogen) atoms. The monoisotopic (exact) mass is 472 g/mol. The van der Waals surface area contributed by atoms with Crippen molar-refractivity contribution in [3.8, 4) is 11.5 Å². The van der Waals surface area contributed by atoms with Crippen molar-refractivity contribution < 1.29 is 24.2 Å². The van der Waals surface area contributed by atoms with E-state index < -0.39 is 5.97 Å². The molecule has 0 radical (unpaired) electrons. The summed E-state index contributed by atoms with van der Waals surface area (Å²) < 4.78 is 10.5. The van der Waals surface area contributed by atoms with Crippen LogP contribution in [0.25, 0.3) is 0 Å². The Balaban J connectivity index is 1.79. The predicted molar refractivity (Wildman–Crippen MR) is 132 cm³/mol. The van der Waals surface area contributed by atoms with Crippen LogP contribution in [0.2, 0.25) is 0 Å². The average Bonchev–Trinajstić information content (AvgIpc) is 2.79. The number of amides is 1. The van der Waals surface area contributed by atoms with E-state index in [-0.39, 0.29) is 17.1 Å². The molecule has 1 amide bonds. The van der Waals surface area contributed by atoms with Crippen LogP contribution < -0.4 is 14.9 Å². The summed E-state index contributed by atoms with van der Waals surface area (Å²) in [6.45, 7) is 6.27. The Morgan fingerprint density at radius 2 is 1.70 bits per heavy atom. The first-order chi connectivity index (χ1) is 15.7. The summed E-state index contributed by atoms with van der Waals surface area (Å²) in [5.74, 6) is 1.32. The second-order valence-electron chi connectivity index (χ2n) is 8.18. The minimum Gasteiger partial charge on any atom is -0.497 e. The Morgan fingerprint density at radius 3 is 2.30 bits per heavy atom. The fraction of sp³-hybridized carbons (Fsp3) is 0.400. The van der Waals surface area contributed by atoms with Crippen molar-refractivity contribution in [2.24, 2.45) is 5.10 Å². The van der Waals surface area contributed by atoms with Crippen molar-refractivity contribution in [2.45, 2.75) is 50.5 Å². The van der Waals surface area contributed by atoms with Crippen molar-refractivity contribution in [1.82, 2.24) is 5.43 Å². The minimum atomic E-state index is -0.831. The zero-order chi connectivity index (χ0) is 24.3. The van der Waals surface area contributed by atoms with Crippen LogP contribution >= 0.6 is 11.8 Å². The average molecular weight is 473 g/mol. The molecule has 0 heterocycles. The largest absolute Gasteiger partial charge is 0.497 e. The van der Waals surface area contributed by atoms with Gasteiger partial charge >= 0.3 is 5.97 Å². The van der Waals surface area contributed by atoms with Crippen LogP contribution in [0, 0.1) is 0 Å². The Bertz CT molecular complexity index is 940. The first-order valence-corrected chi connectivity index (χ1v) is 11.7. The SMILES string of the molecule is COc1ccc(CSC(C)(C)CC(=O)NN=C(C)c2ccc(OCCCC(=O)O)cc2)cc1. The van der Waals surface area contributed by atoms with E-state index in [2.05, 4.69) is 10.5 Å². The van der Waals surface area contributed by atoms with Crippen molar-refractivity contribution >= 4 is 29.4 Å². The van der Waals surface area contributed by atoms with Crippen LogP contribution in [-0.4, -0.2) is 41.2 Å². The summed E-state index contributed by atoms with van der Waals surface area (Å²) in [4.78, 5) is 23.0. The number of aliphatic carboxylic acids is 1. The number of hydrogen-bond acceptors (Lipinski definition) is 6. The summed E-state index contributed by atoms with van der Waals surface area (Å²) in [5.41, 5.74) is 5.37. The zero-order valence-corrected chi connectivity index (χ0v) is 20.4. The van der Waals surface area contributed by atoms with Crippen molar-refractivity contribution in [3.05, 3.63) is 59.7 Å². The first kappa shape index (κ1) is 26.3. The normalized spacial score (nSPS) is 11.7. The number of benzene rings is 2. The van der Waals surface area contributed by atoms with Crippen LogP contribution in [0.5, 0.6) is 11.5 Å². The van der Waals surface area contributed by atoms with Crippen LogP contribution in [0.4, 0.5) is 0 Å². The fourth-order valence-corrected chi connectivity index (χ4v) is 3.88. The molecule has 0 fully saturated rings. The van der Waals surface area contributed by atoms with Crippen molar-refractivity contribution in [2.75, 3.05) is 13.7 Å². The predicted octanol–water partition coefficient (Wildman–Crippen LogP) is 4.88. The molecule has 2 aromatic rings. The van der Waals surface area contributed by atoms with Crippen molar-refractivity contribution in [3.63, 3.8) is 0 Å². The van der Waals surface area contributed by atoms with E-state index in [0.29, 0.717) is 30.9 Å².